The Morgan fingerprint density at radius 1 is 1.12 bits per heavy atom. The lowest BCUT2D eigenvalue weighted by molar-refractivity contribution is -0.136. The van der Waals surface area contributed by atoms with Gasteiger partial charge in [0, 0.05) is 0 Å². The van der Waals surface area contributed by atoms with E-state index in [-0.39, 0.29) is 11.7 Å². The molecule has 164 valence electrons. The second-order valence-electron chi connectivity index (χ2n) is 7.72. The predicted molar refractivity (Wildman–Crippen MR) is 124 cm³/mol. The minimum Gasteiger partial charge on any atom is -0.491 e. The van der Waals surface area contributed by atoms with Crippen molar-refractivity contribution in [1.29, 1.82) is 0 Å². The van der Waals surface area contributed by atoms with Crippen LogP contribution in [-0.2, 0) is 9.53 Å². The summed E-state index contributed by atoms with van der Waals surface area (Å²) in [4.78, 5) is 31.2. The van der Waals surface area contributed by atoms with Crippen molar-refractivity contribution in [2.75, 3.05) is 7.11 Å². The Morgan fingerprint density at radius 3 is 2.44 bits per heavy atom. The summed E-state index contributed by atoms with van der Waals surface area (Å²) < 4.78 is 12.8. The van der Waals surface area contributed by atoms with Crippen LogP contribution in [0.4, 0.5) is 0 Å². The summed E-state index contributed by atoms with van der Waals surface area (Å²) in [7, 11) is 1.34. The van der Waals surface area contributed by atoms with Crippen molar-refractivity contribution in [3.8, 4) is 5.75 Å². The molecule has 0 fully saturated rings. The number of hydrogen-bond donors (Lipinski definition) is 0. The number of benzene rings is 2. The third kappa shape index (κ3) is 4.16. The van der Waals surface area contributed by atoms with Crippen LogP contribution in [0.5, 0.6) is 5.75 Å². The van der Waals surface area contributed by atoms with Crippen molar-refractivity contribution in [3.63, 3.8) is 0 Å². The molecule has 0 aliphatic carbocycles. The van der Waals surface area contributed by atoms with Gasteiger partial charge in [-0.25, -0.2) is 9.79 Å². The summed E-state index contributed by atoms with van der Waals surface area (Å²) in [6.07, 6.45) is 1.93. The summed E-state index contributed by atoms with van der Waals surface area (Å²) >= 11 is 1.31. The molecule has 6 nitrogen and oxygen atoms in total. The van der Waals surface area contributed by atoms with Crippen LogP contribution in [-0.4, -0.2) is 23.8 Å². The molecule has 4 rings (SSSR count). The average Bonchev–Trinajstić information content (AvgIpc) is 3.08. The monoisotopic (exact) mass is 448 g/mol. The molecule has 1 atom stereocenters. The highest BCUT2D eigenvalue weighted by Gasteiger charge is 2.32. The number of thiazole rings is 1. The molecule has 2 aromatic carbocycles. The van der Waals surface area contributed by atoms with Gasteiger partial charge in [0.2, 0.25) is 0 Å². The fourth-order valence-electron chi connectivity index (χ4n) is 3.71. The highest BCUT2D eigenvalue weighted by atomic mass is 32.1. The molecule has 0 saturated heterocycles. The molecule has 1 unspecified atom stereocenters. The van der Waals surface area contributed by atoms with Gasteiger partial charge in [0.15, 0.2) is 4.80 Å². The van der Waals surface area contributed by atoms with E-state index in [0.717, 1.165) is 16.9 Å². The maximum Gasteiger partial charge on any atom is 0.338 e. The number of ether oxygens (including phenoxy) is 2. The summed E-state index contributed by atoms with van der Waals surface area (Å²) in [5.74, 6) is 0.288. The molecule has 0 bridgehead atoms. The minimum atomic E-state index is -0.594. The van der Waals surface area contributed by atoms with E-state index in [4.69, 9.17) is 9.47 Å². The first-order chi connectivity index (χ1) is 15.4. The van der Waals surface area contributed by atoms with Crippen molar-refractivity contribution in [2.24, 2.45) is 4.99 Å². The van der Waals surface area contributed by atoms with Gasteiger partial charge in [-0.05, 0) is 50.1 Å². The smallest absolute Gasteiger partial charge is 0.338 e. The van der Waals surface area contributed by atoms with Crippen LogP contribution in [0.1, 0.15) is 37.9 Å². The molecule has 1 aromatic heterocycles. The van der Waals surface area contributed by atoms with E-state index < -0.39 is 12.0 Å². The van der Waals surface area contributed by atoms with Gasteiger partial charge in [-0.3, -0.25) is 9.36 Å². The number of fused-ring (bicyclic) bond motifs is 1. The van der Waals surface area contributed by atoms with Crippen LogP contribution in [0, 0.1) is 0 Å². The normalized spacial score (nSPS) is 16.0. The van der Waals surface area contributed by atoms with E-state index >= 15 is 0 Å². The second kappa shape index (κ2) is 8.96. The molecule has 2 heterocycles. The lowest BCUT2D eigenvalue weighted by Crippen LogP contribution is -2.39. The van der Waals surface area contributed by atoms with Crippen LogP contribution in [0.3, 0.4) is 0 Å². The fourth-order valence-corrected chi connectivity index (χ4v) is 4.76. The molecule has 0 radical (unpaired) electrons. The number of allylic oxidation sites excluding steroid dienone is 1. The van der Waals surface area contributed by atoms with Crippen LogP contribution >= 0.6 is 11.3 Å². The lowest BCUT2D eigenvalue weighted by atomic mass is 9.96. The van der Waals surface area contributed by atoms with E-state index in [2.05, 4.69) is 4.99 Å². The average molecular weight is 449 g/mol. The van der Waals surface area contributed by atoms with Crippen LogP contribution in [0.2, 0.25) is 0 Å². The molecule has 0 N–H and O–H groups in total. The Kier molecular flexibility index (Phi) is 6.10. The van der Waals surface area contributed by atoms with Gasteiger partial charge in [-0.15, -0.1) is 0 Å². The maximum atomic E-state index is 13.5. The van der Waals surface area contributed by atoms with Crippen molar-refractivity contribution in [1.82, 2.24) is 4.57 Å². The fraction of sp³-hybridized carbons (Fsp3) is 0.240. The molecule has 0 spiro atoms. The maximum absolute atomic E-state index is 13.5. The van der Waals surface area contributed by atoms with E-state index in [9.17, 15) is 9.59 Å². The molecule has 1 aliphatic rings. The van der Waals surface area contributed by atoms with Gasteiger partial charge >= 0.3 is 5.97 Å². The van der Waals surface area contributed by atoms with E-state index in [0.29, 0.717) is 20.6 Å². The molecule has 3 aromatic rings. The zero-order valence-electron chi connectivity index (χ0n) is 18.4. The number of carbonyl (C=O) groups excluding carboxylic acids is 1. The summed E-state index contributed by atoms with van der Waals surface area (Å²) in [5.41, 5.74) is 2.43. The molecular formula is C25H24N2O4S. The molecule has 0 saturated carbocycles. The van der Waals surface area contributed by atoms with E-state index in [1.54, 1.807) is 11.5 Å². The molecular weight excluding hydrogens is 424 g/mol. The zero-order valence-corrected chi connectivity index (χ0v) is 19.2. The predicted octanol–water partition coefficient (Wildman–Crippen LogP) is 3.20. The first kappa shape index (κ1) is 21.8. The van der Waals surface area contributed by atoms with Crippen LogP contribution in [0.25, 0.3) is 6.08 Å². The van der Waals surface area contributed by atoms with E-state index in [1.165, 1.54) is 18.4 Å². The molecule has 0 amide bonds. The molecule has 7 heteroatoms. The Labute approximate surface area is 189 Å². The molecule has 1 aliphatic heterocycles. The number of rotatable bonds is 5. The summed E-state index contributed by atoms with van der Waals surface area (Å²) in [5, 5.41) is 0. The van der Waals surface area contributed by atoms with E-state index in [1.807, 2.05) is 74.5 Å². The molecule has 32 heavy (non-hydrogen) atoms. The quantitative estimate of drug-likeness (QED) is 0.562. The Hall–Kier alpha value is -3.45. The number of hydrogen-bond acceptors (Lipinski definition) is 6. The lowest BCUT2D eigenvalue weighted by Gasteiger charge is -2.24. The highest BCUT2D eigenvalue weighted by molar-refractivity contribution is 7.07. The topological polar surface area (TPSA) is 69.9 Å². The van der Waals surface area contributed by atoms with Gasteiger partial charge in [0.05, 0.1) is 35.1 Å². The van der Waals surface area contributed by atoms with Crippen molar-refractivity contribution >= 4 is 23.4 Å². The largest absolute Gasteiger partial charge is 0.491 e. The van der Waals surface area contributed by atoms with Gasteiger partial charge in [0.1, 0.15) is 5.75 Å². The van der Waals surface area contributed by atoms with Crippen LogP contribution < -0.4 is 19.6 Å². The first-order valence-corrected chi connectivity index (χ1v) is 11.1. The number of carbonyl (C=O) groups is 1. The summed E-state index contributed by atoms with van der Waals surface area (Å²) in [6, 6.07) is 16.5. The number of esters is 1. The summed E-state index contributed by atoms with van der Waals surface area (Å²) in [6.45, 7) is 5.72. The number of methoxy groups -OCH3 is 1. The van der Waals surface area contributed by atoms with Gasteiger partial charge in [-0.2, -0.15) is 0 Å². The number of aromatic nitrogens is 1. The van der Waals surface area contributed by atoms with Crippen molar-refractivity contribution < 1.29 is 14.3 Å². The van der Waals surface area contributed by atoms with Crippen molar-refractivity contribution in [3.05, 3.63) is 96.7 Å². The van der Waals surface area contributed by atoms with Gasteiger partial charge in [-0.1, -0.05) is 53.8 Å². The Bertz CT molecular complexity index is 1350. The number of nitrogens with zero attached hydrogens (tertiary/aromatic N) is 2. The minimum absolute atomic E-state index is 0.0924. The Balaban J connectivity index is 1.85. The first-order valence-electron chi connectivity index (χ1n) is 10.3. The SMILES string of the molecule is COC(=O)C1=C(C)N=c2sc(=Cc3ccc(OC(C)C)cc3)c(=O)n2C1c1ccccc1. The van der Waals surface area contributed by atoms with Crippen LogP contribution in [0.15, 0.2) is 75.7 Å². The second-order valence-corrected chi connectivity index (χ2v) is 8.73. The van der Waals surface area contributed by atoms with Gasteiger partial charge in [0.25, 0.3) is 5.56 Å². The van der Waals surface area contributed by atoms with Gasteiger partial charge < -0.3 is 9.47 Å². The third-order valence-electron chi connectivity index (χ3n) is 5.09. The standard InChI is InChI=1S/C25H24N2O4S/c1-15(2)31-19-12-10-17(11-13-19)14-20-23(28)27-22(18-8-6-5-7-9-18)21(24(29)30-4)16(3)26-25(27)32-20/h5-15,22H,1-4H3. The third-order valence-corrected chi connectivity index (χ3v) is 6.07. The van der Waals surface area contributed by atoms with Crippen molar-refractivity contribution in [2.45, 2.75) is 32.9 Å². The zero-order chi connectivity index (χ0) is 22.8. The Morgan fingerprint density at radius 2 is 1.81 bits per heavy atom. The highest BCUT2D eigenvalue weighted by Crippen LogP contribution is 2.30.